The number of aromatic nitrogens is 3. The van der Waals surface area contributed by atoms with Crippen LogP contribution in [-0.2, 0) is 18.3 Å². The molecule has 3 aromatic rings. The number of nitriles is 1. The van der Waals surface area contributed by atoms with E-state index >= 15 is 0 Å². The third-order valence-corrected chi connectivity index (χ3v) is 9.70. The molecule has 0 bridgehead atoms. The van der Waals surface area contributed by atoms with Gasteiger partial charge in [-0.05, 0) is 55.7 Å². The van der Waals surface area contributed by atoms with E-state index in [4.69, 9.17) is 4.98 Å². The van der Waals surface area contributed by atoms with E-state index < -0.39 is 0 Å². The van der Waals surface area contributed by atoms with Crippen LogP contribution >= 0.6 is 0 Å². The first-order chi connectivity index (χ1) is 18.4. The molecule has 8 heteroatoms. The zero-order chi connectivity index (χ0) is 26.3. The second kappa shape index (κ2) is 8.15. The number of fused-ring (bicyclic) bond motifs is 4. The van der Waals surface area contributed by atoms with Crippen LogP contribution in [-0.4, -0.2) is 63.0 Å². The minimum Gasteiger partial charge on any atom is -0.394 e. The van der Waals surface area contributed by atoms with Crippen molar-refractivity contribution in [3.63, 3.8) is 0 Å². The maximum atomic E-state index is 12.2. The maximum Gasteiger partial charge on any atom is 0.245 e. The molecule has 1 amide bonds. The predicted octanol–water partition coefficient (Wildman–Crippen LogP) is 3.45. The van der Waals surface area contributed by atoms with Gasteiger partial charge in [0.05, 0.1) is 30.1 Å². The molecular formula is C30H32N6O2. The van der Waals surface area contributed by atoms with Crippen molar-refractivity contribution < 1.29 is 9.90 Å². The number of rotatable bonds is 4. The molecular weight excluding hydrogens is 476 g/mol. The lowest BCUT2D eigenvalue weighted by molar-refractivity contribution is -0.138. The number of carbonyl (C=O) groups excluding carboxylic acids is 1. The van der Waals surface area contributed by atoms with Crippen LogP contribution in [0.25, 0.3) is 22.0 Å². The van der Waals surface area contributed by atoms with Gasteiger partial charge < -0.3 is 14.9 Å². The van der Waals surface area contributed by atoms with Crippen molar-refractivity contribution in [2.75, 3.05) is 31.1 Å². The quantitative estimate of drug-likeness (QED) is 0.542. The normalized spacial score (nSPS) is 24.6. The Morgan fingerprint density at radius 3 is 2.89 bits per heavy atom. The second-order valence-corrected chi connectivity index (χ2v) is 11.7. The van der Waals surface area contributed by atoms with E-state index in [1.807, 2.05) is 17.9 Å². The summed E-state index contributed by atoms with van der Waals surface area (Å²) in [6.07, 6.45) is 7.30. The molecule has 8 nitrogen and oxygen atoms in total. The Balaban J connectivity index is 1.43. The van der Waals surface area contributed by atoms with Crippen LogP contribution in [0.15, 0.2) is 31.0 Å². The number of likely N-dealkylation sites (tertiary alicyclic amines) is 1. The monoisotopic (exact) mass is 508 g/mol. The molecule has 7 rings (SSSR count). The fourth-order valence-electron chi connectivity index (χ4n) is 7.60. The number of hydrogen-bond acceptors (Lipinski definition) is 6. The molecule has 2 aliphatic carbocycles. The van der Waals surface area contributed by atoms with Crippen LogP contribution in [0.4, 0.5) is 5.82 Å². The number of nitrogens with zero attached hydrogens (tertiary/aromatic N) is 6. The first kappa shape index (κ1) is 23.4. The Bertz CT molecular complexity index is 1560. The Hall–Kier alpha value is -3.70. The summed E-state index contributed by atoms with van der Waals surface area (Å²) < 4.78 is 1.91. The molecule has 4 heterocycles. The third kappa shape index (κ3) is 3.08. The van der Waals surface area contributed by atoms with Crippen LogP contribution in [0.3, 0.4) is 0 Å². The molecule has 0 radical (unpaired) electrons. The molecule has 2 aliphatic heterocycles. The lowest BCUT2D eigenvalue weighted by Gasteiger charge is -2.51. The van der Waals surface area contributed by atoms with Gasteiger partial charge in [-0.15, -0.1) is 0 Å². The highest BCUT2D eigenvalue weighted by Crippen LogP contribution is 2.57. The fourth-order valence-corrected chi connectivity index (χ4v) is 7.60. The van der Waals surface area contributed by atoms with E-state index in [1.54, 1.807) is 4.90 Å². The minimum atomic E-state index is -0.200. The van der Waals surface area contributed by atoms with E-state index in [-0.39, 0.29) is 24.0 Å². The van der Waals surface area contributed by atoms with Gasteiger partial charge in [-0.2, -0.15) is 10.4 Å². The van der Waals surface area contributed by atoms with Gasteiger partial charge in [-0.3, -0.25) is 9.48 Å². The van der Waals surface area contributed by atoms with Gasteiger partial charge in [-0.1, -0.05) is 18.7 Å². The van der Waals surface area contributed by atoms with E-state index in [1.165, 1.54) is 11.6 Å². The first-order valence-electron chi connectivity index (χ1n) is 13.6. The molecule has 1 N–H and O–H groups in total. The number of anilines is 1. The van der Waals surface area contributed by atoms with Crippen molar-refractivity contribution in [2.45, 2.75) is 44.6 Å². The summed E-state index contributed by atoms with van der Waals surface area (Å²) in [7, 11) is 1.96. The maximum absolute atomic E-state index is 12.2. The molecule has 194 valence electrons. The van der Waals surface area contributed by atoms with Crippen molar-refractivity contribution in [1.82, 2.24) is 19.7 Å². The number of pyridine rings is 1. The molecule has 1 spiro atoms. The lowest BCUT2D eigenvalue weighted by atomic mass is 9.73. The zero-order valence-electron chi connectivity index (χ0n) is 21.9. The molecule has 2 saturated heterocycles. The Morgan fingerprint density at radius 1 is 1.34 bits per heavy atom. The molecule has 1 saturated carbocycles. The number of aliphatic hydroxyl groups excluding tert-OH is 1. The first-order valence-corrected chi connectivity index (χ1v) is 13.6. The van der Waals surface area contributed by atoms with Crippen molar-refractivity contribution in [3.8, 4) is 17.2 Å². The summed E-state index contributed by atoms with van der Waals surface area (Å²) in [6, 6.07) is 6.59. The molecule has 0 unspecified atom stereocenters. The average molecular weight is 509 g/mol. The molecule has 38 heavy (non-hydrogen) atoms. The van der Waals surface area contributed by atoms with Crippen LogP contribution in [0, 0.1) is 29.6 Å². The highest BCUT2D eigenvalue weighted by molar-refractivity contribution is 5.99. The molecule has 1 aromatic carbocycles. The summed E-state index contributed by atoms with van der Waals surface area (Å²) in [6.45, 7) is 7.58. The number of benzene rings is 1. The second-order valence-electron chi connectivity index (χ2n) is 11.7. The number of carbonyl (C=O) groups is 1. The van der Waals surface area contributed by atoms with Crippen LogP contribution in [0.5, 0.6) is 0 Å². The molecule has 2 aromatic heterocycles. The van der Waals surface area contributed by atoms with E-state index in [9.17, 15) is 15.2 Å². The van der Waals surface area contributed by atoms with E-state index in [0.717, 1.165) is 59.0 Å². The van der Waals surface area contributed by atoms with Crippen LogP contribution in [0.2, 0.25) is 0 Å². The topological polar surface area (TPSA) is 98.3 Å². The van der Waals surface area contributed by atoms with Crippen LogP contribution in [0.1, 0.15) is 47.6 Å². The average Bonchev–Trinajstić information content (AvgIpc) is 3.48. The minimum absolute atomic E-state index is 0.0442. The lowest BCUT2D eigenvalue weighted by Crippen LogP contribution is -2.64. The van der Waals surface area contributed by atoms with Gasteiger partial charge in [-0.25, -0.2) is 4.98 Å². The zero-order valence-corrected chi connectivity index (χ0v) is 21.9. The van der Waals surface area contributed by atoms with E-state index in [0.29, 0.717) is 42.9 Å². The summed E-state index contributed by atoms with van der Waals surface area (Å²) in [5, 5.41) is 27.0. The summed E-state index contributed by atoms with van der Waals surface area (Å²) in [4.78, 5) is 21.4. The van der Waals surface area contributed by atoms with Gasteiger partial charge in [0.15, 0.2) is 0 Å². The number of hydrogen-bond donors (Lipinski definition) is 1. The van der Waals surface area contributed by atoms with Crippen molar-refractivity contribution >= 4 is 22.6 Å². The highest BCUT2D eigenvalue weighted by atomic mass is 16.3. The fraction of sp³-hybridized carbons (Fsp3) is 0.467. The van der Waals surface area contributed by atoms with Crippen molar-refractivity contribution in [3.05, 3.63) is 53.4 Å². The Morgan fingerprint density at radius 2 is 2.16 bits per heavy atom. The van der Waals surface area contributed by atoms with Gasteiger partial charge in [0.25, 0.3) is 0 Å². The Labute approximate surface area is 222 Å². The smallest absolute Gasteiger partial charge is 0.245 e. The number of aryl methyl sites for hydroxylation is 2. The third-order valence-electron chi connectivity index (χ3n) is 9.70. The van der Waals surface area contributed by atoms with Gasteiger partial charge >= 0.3 is 0 Å². The summed E-state index contributed by atoms with van der Waals surface area (Å²) >= 11 is 0. The highest BCUT2D eigenvalue weighted by Gasteiger charge is 2.56. The number of aliphatic hydroxyl groups is 1. The van der Waals surface area contributed by atoms with Crippen molar-refractivity contribution in [2.24, 2.45) is 18.4 Å². The summed E-state index contributed by atoms with van der Waals surface area (Å²) in [5.74, 6) is 1.75. The molecule has 3 atom stereocenters. The SMILES string of the molecule is C=CC(=O)N1CC2(CCN(c3nc4c(c(-c5c(C)ccc6cnn(C)c56)c3C#N)CC[C@@H]3C[C@H]43)[C@@H]2CO)C1. The number of amides is 1. The molecule has 4 aliphatic rings. The predicted molar refractivity (Wildman–Crippen MR) is 145 cm³/mol. The summed E-state index contributed by atoms with van der Waals surface area (Å²) in [5.41, 5.74) is 6.96. The van der Waals surface area contributed by atoms with Crippen molar-refractivity contribution in [1.29, 1.82) is 5.26 Å². The Kier molecular flexibility index (Phi) is 5.02. The van der Waals surface area contributed by atoms with Crippen LogP contribution < -0.4 is 4.90 Å². The van der Waals surface area contributed by atoms with Gasteiger partial charge in [0.1, 0.15) is 17.5 Å². The standard InChI is InChI=1S/C30H32N6O2/c1-4-24(38)35-15-30(16-35)9-10-36(23(30)14-37)29-22(12-31)26(20-8-7-18-11-21(18)27(20)33-29)25-17(2)5-6-19-13-32-34(3)28(19)25/h4-6,13,18,21,23,37H,1,7-11,14-16H2,2-3H3/t18-,21+,23-/m1/s1. The molecule has 3 fully saturated rings. The largest absolute Gasteiger partial charge is 0.394 e. The van der Waals surface area contributed by atoms with Gasteiger partial charge in [0.2, 0.25) is 5.91 Å². The van der Waals surface area contributed by atoms with E-state index in [2.05, 4.69) is 41.7 Å². The van der Waals surface area contributed by atoms with Gasteiger partial charge in [0, 0.05) is 54.5 Å².